The molecule has 3 heterocycles. The van der Waals surface area contributed by atoms with E-state index >= 15 is 0 Å². The first kappa shape index (κ1) is 15.7. The van der Waals surface area contributed by atoms with E-state index in [1.807, 2.05) is 4.90 Å². The molecule has 1 unspecified atom stereocenters. The van der Waals surface area contributed by atoms with Gasteiger partial charge in [0.1, 0.15) is 17.5 Å². The van der Waals surface area contributed by atoms with E-state index < -0.39 is 29.0 Å². The third-order valence-electron chi connectivity index (χ3n) is 4.69. The number of benzene rings is 1. The molecule has 130 valence electrons. The lowest BCUT2D eigenvalue weighted by molar-refractivity contribution is -0.116. The highest BCUT2D eigenvalue weighted by atomic mass is 19.1. The Balaban J connectivity index is 1.86. The van der Waals surface area contributed by atoms with Gasteiger partial charge in [0.05, 0.1) is 5.56 Å². The number of halogens is 2. The van der Waals surface area contributed by atoms with E-state index in [2.05, 4.69) is 15.3 Å². The van der Waals surface area contributed by atoms with E-state index in [-0.39, 0.29) is 23.4 Å². The average molecular weight is 346 g/mol. The number of carbonyl (C=O) groups excluding carboxylic acids is 1. The van der Waals surface area contributed by atoms with Crippen LogP contribution in [0.2, 0.25) is 0 Å². The monoisotopic (exact) mass is 346 g/mol. The second-order valence-electron chi connectivity index (χ2n) is 6.29. The summed E-state index contributed by atoms with van der Waals surface area (Å²) in [5.74, 6) is -2.55. The maximum absolute atomic E-state index is 14.2. The summed E-state index contributed by atoms with van der Waals surface area (Å²) in [6, 6.07) is 3.48. The van der Waals surface area contributed by atoms with Gasteiger partial charge in [-0.2, -0.15) is 4.98 Å². The van der Waals surface area contributed by atoms with Gasteiger partial charge in [0.15, 0.2) is 0 Å². The van der Waals surface area contributed by atoms with E-state index in [4.69, 9.17) is 0 Å². The number of rotatable bonds is 2. The summed E-state index contributed by atoms with van der Waals surface area (Å²) in [4.78, 5) is 33.6. The Morgan fingerprint density at radius 2 is 1.76 bits per heavy atom. The number of nitrogens with zero attached hydrogens (tertiary/aromatic N) is 2. The van der Waals surface area contributed by atoms with Crippen molar-refractivity contribution in [2.45, 2.75) is 25.2 Å². The lowest BCUT2D eigenvalue weighted by Crippen LogP contribution is -2.34. The van der Waals surface area contributed by atoms with E-state index in [9.17, 15) is 18.4 Å². The van der Waals surface area contributed by atoms with Crippen molar-refractivity contribution >= 4 is 17.7 Å². The summed E-state index contributed by atoms with van der Waals surface area (Å²) in [5, 5.41) is 2.56. The van der Waals surface area contributed by atoms with Gasteiger partial charge in [-0.1, -0.05) is 6.07 Å². The second kappa shape index (κ2) is 5.94. The standard InChI is InChI=1S/C17H16F2N4O2/c18-10-4-3-5-11(19)13(10)9-8-12(24)20-15-14(9)16(25)22-17(21-15)23-6-1-2-7-23/h3-5,9H,1-2,6-8H2,(H2,20,21,22,24,25). The van der Waals surface area contributed by atoms with Gasteiger partial charge < -0.3 is 10.2 Å². The Morgan fingerprint density at radius 1 is 1.08 bits per heavy atom. The van der Waals surface area contributed by atoms with Crippen LogP contribution < -0.4 is 15.8 Å². The third kappa shape index (κ3) is 2.67. The van der Waals surface area contributed by atoms with Crippen molar-refractivity contribution in [3.63, 3.8) is 0 Å². The molecule has 1 aromatic heterocycles. The van der Waals surface area contributed by atoms with Crippen molar-refractivity contribution in [2.24, 2.45) is 0 Å². The molecule has 1 saturated heterocycles. The number of hydrogen-bond donors (Lipinski definition) is 2. The molecule has 2 aromatic rings. The van der Waals surface area contributed by atoms with Crippen LogP contribution in [0.1, 0.15) is 36.3 Å². The van der Waals surface area contributed by atoms with Crippen molar-refractivity contribution < 1.29 is 13.6 Å². The van der Waals surface area contributed by atoms with Gasteiger partial charge in [0.25, 0.3) is 5.56 Å². The van der Waals surface area contributed by atoms with Gasteiger partial charge >= 0.3 is 0 Å². The molecule has 1 fully saturated rings. The predicted molar refractivity (Wildman–Crippen MR) is 87.8 cm³/mol. The number of amides is 1. The Morgan fingerprint density at radius 3 is 2.44 bits per heavy atom. The molecule has 1 amide bonds. The quantitative estimate of drug-likeness (QED) is 0.873. The van der Waals surface area contributed by atoms with Crippen molar-refractivity contribution in [3.05, 3.63) is 51.3 Å². The lowest BCUT2D eigenvalue weighted by atomic mass is 9.86. The Kier molecular flexibility index (Phi) is 3.74. The fourth-order valence-corrected chi connectivity index (χ4v) is 3.53. The molecule has 8 heteroatoms. The topological polar surface area (TPSA) is 78.1 Å². The summed E-state index contributed by atoms with van der Waals surface area (Å²) in [6.07, 6.45) is 1.78. The normalized spacial score (nSPS) is 19.7. The van der Waals surface area contributed by atoms with Gasteiger partial charge in [-0.05, 0) is 25.0 Å². The van der Waals surface area contributed by atoms with Crippen LogP contribution in [0.5, 0.6) is 0 Å². The highest BCUT2D eigenvalue weighted by molar-refractivity contribution is 5.94. The first-order chi connectivity index (χ1) is 12.0. The number of H-pyrrole nitrogens is 1. The van der Waals surface area contributed by atoms with Gasteiger partial charge in [-0.15, -0.1) is 0 Å². The summed E-state index contributed by atoms with van der Waals surface area (Å²) in [6.45, 7) is 1.53. The van der Waals surface area contributed by atoms with Gasteiger partial charge in [0.2, 0.25) is 11.9 Å². The average Bonchev–Trinajstić information content (AvgIpc) is 3.08. The Bertz CT molecular complexity index is 886. The number of anilines is 2. The molecule has 0 bridgehead atoms. The molecule has 1 aromatic carbocycles. The zero-order valence-corrected chi connectivity index (χ0v) is 13.3. The van der Waals surface area contributed by atoms with Crippen LogP contribution in [0.15, 0.2) is 23.0 Å². The molecule has 0 radical (unpaired) electrons. The van der Waals surface area contributed by atoms with Crippen molar-refractivity contribution in [3.8, 4) is 0 Å². The number of nitrogens with one attached hydrogen (secondary N) is 2. The van der Waals surface area contributed by atoms with Crippen LogP contribution in [-0.4, -0.2) is 29.0 Å². The van der Waals surface area contributed by atoms with Crippen LogP contribution in [0, 0.1) is 11.6 Å². The highest BCUT2D eigenvalue weighted by Crippen LogP contribution is 2.36. The van der Waals surface area contributed by atoms with Gasteiger partial charge in [0, 0.05) is 31.0 Å². The predicted octanol–water partition coefficient (Wildman–Crippen LogP) is 2.12. The summed E-state index contributed by atoms with van der Waals surface area (Å²) in [7, 11) is 0. The Hall–Kier alpha value is -2.77. The lowest BCUT2D eigenvalue weighted by Gasteiger charge is -2.26. The SMILES string of the molecule is O=C1CC(c2c(F)cccc2F)c2c(nc(N3CCCC3)[nH]c2=O)N1. The van der Waals surface area contributed by atoms with E-state index in [0.29, 0.717) is 5.95 Å². The van der Waals surface area contributed by atoms with Crippen molar-refractivity contribution in [2.75, 3.05) is 23.3 Å². The number of aromatic nitrogens is 2. The zero-order valence-electron chi connectivity index (χ0n) is 13.3. The largest absolute Gasteiger partial charge is 0.342 e. The fourth-order valence-electron chi connectivity index (χ4n) is 3.53. The number of fused-ring (bicyclic) bond motifs is 1. The first-order valence-corrected chi connectivity index (χ1v) is 8.17. The molecule has 1 atom stereocenters. The smallest absolute Gasteiger partial charge is 0.258 e. The van der Waals surface area contributed by atoms with Gasteiger partial charge in [-0.3, -0.25) is 14.6 Å². The molecular formula is C17H16F2N4O2. The highest BCUT2D eigenvalue weighted by Gasteiger charge is 2.34. The molecule has 2 aliphatic heterocycles. The van der Waals surface area contributed by atoms with Crippen molar-refractivity contribution in [1.82, 2.24) is 9.97 Å². The van der Waals surface area contributed by atoms with Gasteiger partial charge in [-0.25, -0.2) is 8.78 Å². The van der Waals surface area contributed by atoms with Crippen LogP contribution in [0.3, 0.4) is 0 Å². The molecular weight excluding hydrogens is 330 g/mol. The minimum absolute atomic E-state index is 0.0783. The van der Waals surface area contributed by atoms with Crippen LogP contribution >= 0.6 is 0 Å². The van der Waals surface area contributed by atoms with E-state index in [1.54, 1.807) is 0 Å². The van der Waals surface area contributed by atoms with Crippen LogP contribution in [0.25, 0.3) is 0 Å². The minimum atomic E-state index is -1.01. The van der Waals surface area contributed by atoms with Crippen LogP contribution in [-0.2, 0) is 4.79 Å². The number of aromatic amines is 1. The first-order valence-electron chi connectivity index (χ1n) is 8.17. The third-order valence-corrected chi connectivity index (χ3v) is 4.69. The second-order valence-corrected chi connectivity index (χ2v) is 6.29. The zero-order chi connectivity index (χ0) is 17.6. The molecule has 25 heavy (non-hydrogen) atoms. The maximum Gasteiger partial charge on any atom is 0.258 e. The molecule has 6 nitrogen and oxygen atoms in total. The molecule has 0 spiro atoms. The van der Waals surface area contributed by atoms with E-state index in [0.717, 1.165) is 38.1 Å². The molecule has 0 saturated carbocycles. The Labute approximate surface area is 141 Å². The number of hydrogen-bond acceptors (Lipinski definition) is 4. The van der Waals surface area contributed by atoms with Crippen molar-refractivity contribution in [1.29, 1.82) is 0 Å². The molecule has 0 aliphatic carbocycles. The minimum Gasteiger partial charge on any atom is -0.342 e. The molecule has 2 N–H and O–H groups in total. The summed E-state index contributed by atoms with van der Waals surface area (Å²) in [5.41, 5.74) is -0.675. The fraction of sp³-hybridized carbons (Fsp3) is 0.353. The molecule has 4 rings (SSSR count). The molecule has 2 aliphatic rings. The van der Waals surface area contributed by atoms with Crippen LogP contribution in [0.4, 0.5) is 20.5 Å². The maximum atomic E-state index is 14.2. The number of carbonyl (C=O) groups is 1. The van der Waals surface area contributed by atoms with E-state index in [1.165, 1.54) is 6.07 Å². The summed E-state index contributed by atoms with van der Waals surface area (Å²) < 4.78 is 28.4. The summed E-state index contributed by atoms with van der Waals surface area (Å²) >= 11 is 0.